The van der Waals surface area contributed by atoms with E-state index in [1.54, 1.807) is 0 Å². The molecule has 3 heteroatoms. The maximum atomic E-state index is 11.3. The number of carbonyl (C=O) groups excluding carboxylic acids is 1. The number of ketones is 1. The number of aliphatic hydroxyl groups excluding tert-OH is 1. The molecule has 3 nitrogen and oxygen atoms in total. The lowest BCUT2D eigenvalue weighted by atomic mass is 9.91. The summed E-state index contributed by atoms with van der Waals surface area (Å²) in [6, 6.07) is 0. The molecule has 12 heavy (non-hydrogen) atoms. The summed E-state index contributed by atoms with van der Waals surface area (Å²) < 4.78 is 0. The Morgan fingerprint density at radius 1 is 1.25 bits per heavy atom. The van der Waals surface area contributed by atoms with Gasteiger partial charge < -0.3 is 5.11 Å². The minimum absolute atomic E-state index is 0.0133. The Morgan fingerprint density at radius 2 is 2.00 bits per heavy atom. The van der Waals surface area contributed by atoms with E-state index in [9.17, 15) is 4.79 Å². The lowest BCUT2D eigenvalue weighted by Crippen LogP contribution is -2.18. The summed E-state index contributed by atoms with van der Waals surface area (Å²) in [5.41, 5.74) is 1.69. The maximum absolute atomic E-state index is 11.3. The van der Waals surface area contributed by atoms with E-state index >= 15 is 0 Å². The van der Waals surface area contributed by atoms with E-state index < -0.39 is 0 Å². The van der Waals surface area contributed by atoms with Gasteiger partial charge in [-0.25, -0.2) is 4.99 Å². The number of aliphatic hydroxyl groups is 1. The van der Waals surface area contributed by atoms with Gasteiger partial charge in [-0.15, -0.1) is 0 Å². The second-order valence-corrected chi connectivity index (χ2v) is 3.26. The van der Waals surface area contributed by atoms with Crippen LogP contribution >= 0.6 is 0 Å². The summed E-state index contributed by atoms with van der Waals surface area (Å²) >= 11 is 0. The Morgan fingerprint density at radius 3 is 2.83 bits per heavy atom. The highest BCUT2D eigenvalue weighted by atomic mass is 16.3. The van der Waals surface area contributed by atoms with Crippen LogP contribution in [-0.4, -0.2) is 16.8 Å². The van der Waals surface area contributed by atoms with Crippen molar-refractivity contribution >= 4 is 11.7 Å². The minimum atomic E-state index is -0.0133. The SMILES string of the molecule is O=C1CC(O)=NC2=C1CCCC2. The number of allylic oxidation sites excluding steroid dienone is 2. The largest absolute Gasteiger partial charge is 0.496 e. The van der Waals surface area contributed by atoms with E-state index in [4.69, 9.17) is 5.11 Å². The molecule has 0 atom stereocenters. The van der Waals surface area contributed by atoms with Crippen molar-refractivity contribution in [3.8, 4) is 0 Å². The molecule has 64 valence electrons. The molecule has 1 heterocycles. The molecule has 0 amide bonds. The fraction of sp³-hybridized carbons (Fsp3) is 0.556. The predicted molar refractivity (Wildman–Crippen MR) is 45.2 cm³/mol. The molecule has 1 aliphatic heterocycles. The van der Waals surface area contributed by atoms with Crippen LogP contribution in [0.2, 0.25) is 0 Å². The van der Waals surface area contributed by atoms with E-state index in [2.05, 4.69) is 4.99 Å². The molecule has 0 bridgehead atoms. The average Bonchev–Trinajstić information content (AvgIpc) is 2.04. The van der Waals surface area contributed by atoms with Crippen LogP contribution in [0.1, 0.15) is 32.1 Å². The van der Waals surface area contributed by atoms with Crippen LogP contribution in [-0.2, 0) is 4.79 Å². The van der Waals surface area contributed by atoms with Crippen molar-refractivity contribution in [2.75, 3.05) is 0 Å². The molecule has 2 aliphatic rings. The molecular weight excluding hydrogens is 154 g/mol. The van der Waals surface area contributed by atoms with E-state index in [1.807, 2.05) is 0 Å². The fourth-order valence-electron chi connectivity index (χ4n) is 1.76. The monoisotopic (exact) mass is 165 g/mol. The Balaban J connectivity index is 2.38. The number of hydrogen-bond donors (Lipinski definition) is 1. The number of hydrogen-bond acceptors (Lipinski definition) is 2. The molecule has 0 saturated carbocycles. The van der Waals surface area contributed by atoms with Crippen LogP contribution in [0.25, 0.3) is 0 Å². The van der Waals surface area contributed by atoms with Crippen LogP contribution in [0, 0.1) is 0 Å². The summed E-state index contributed by atoms with van der Waals surface area (Å²) in [6.07, 6.45) is 3.98. The molecule has 2 rings (SSSR count). The van der Waals surface area contributed by atoms with Crippen molar-refractivity contribution in [3.05, 3.63) is 11.3 Å². The molecule has 0 radical (unpaired) electrons. The minimum Gasteiger partial charge on any atom is -0.496 e. The molecule has 1 N–H and O–H groups in total. The smallest absolute Gasteiger partial charge is 0.193 e. The Bertz CT molecular complexity index is 289. The quantitative estimate of drug-likeness (QED) is 0.594. The highest BCUT2D eigenvalue weighted by Gasteiger charge is 2.24. The van der Waals surface area contributed by atoms with Crippen molar-refractivity contribution in [2.24, 2.45) is 4.99 Å². The topological polar surface area (TPSA) is 49.7 Å². The lowest BCUT2D eigenvalue weighted by molar-refractivity contribution is -0.115. The summed E-state index contributed by atoms with van der Waals surface area (Å²) in [5.74, 6) is 0.0536. The highest BCUT2D eigenvalue weighted by Crippen LogP contribution is 2.29. The summed E-state index contributed by atoms with van der Waals surface area (Å²) in [5, 5.41) is 9.11. The van der Waals surface area contributed by atoms with Gasteiger partial charge in [-0.1, -0.05) is 0 Å². The van der Waals surface area contributed by atoms with Crippen molar-refractivity contribution in [3.63, 3.8) is 0 Å². The van der Waals surface area contributed by atoms with Crippen LogP contribution in [0.15, 0.2) is 16.3 Å². The van der Waals surface area contributed by atoms with Gasteiger partial charge in [0.05, 0.1) is 12.1 Å². The van der Waals surface area contributed by atoms with Gasteiger partial charge in [-0.05, 0) is 25.7 Å². The third-order valence-corrected chi connectivity index (χ3v) is 2.36. The maximum Gasteiger partial charge on any atom is 0.193 e. The molecule has 0 unspecified atom stereocenters. The third-order valence-electron chi connectivity index (χ3n) is 2.36. The van der Waals surface area contributed by atoms with Gasteiger partial charge in [0.2, 0.25) is 0 Å². The number of aliphatic imine (C=N–C) groups is 1. The molecule has 0 saturated heterocycles. The van der Waals surface area contributed by atoms with E-state index in [0.717, 1.165) is 37.0 Å². The zero-order valence-electron chi connectivity index (χ0n) is 6.84. The molecular formula is C9H11NO2. The van der Waals surface area contributed by atoms with Crippen LogP contribution < -0.4 is 0 Å². The molecule has 0 aromatic carbocycles. The van der Waals surface area contributed by atoms with Gasteiger partial charge in [-0.2, -0.15) is 0 Å². The first-order valence-electron chi connectivity index (χ1n) is 4.29. The van der Waals surface area contributed by atoms with Gasteiger partial charge in [-0.3, -0.25) is 4.79 Å². The van der Waals surface area contributed by atoms with Crippen molar-refractivity contribution < 1.29 is 9.90 Å². The first-order valence-corrected chi connectivity index (χ1v) is 4.29. The number of carbonyl (C=O) groups is 1. The standard InChI is InChI=1S/C9H11NO2/c11-8-5-9(12)10-7-4-2-1-3-6(7)8/h1-5H2,(H,10,12). The van der Waals surface area contributed by atoms with Crippen LogP contribution in [0.5, 0.6) is 0 Å². The van der Waals surface area contributed by atoms with Crippen LogP contribution in [0.3, 0.4) is 0 Å². The number of nitrogens with zero attached hydrogens (tertiary/aromatic N) is 1. The lowest BCUT2D eigenvalue weighted by Gasteiger charge is -2.19. The fourth-order valence-corrected chi connectivity index (χ4v) is 1.76. The van der Waals surface area contributed by atoms with Gasteiger partial charge in [0, 0.05) is 5.57 Å². The predicted octanol–water partition coefficient (Wildman–Crippen LogP) is 1.74. The molecule has 0 fully saturated rings. The Labute approximate surface area is 70.8 Å². The summed E-state index contributed by atoms with van der Waals surface area (Å²) in [4.78, 5) is 15.3. The third kappa shape index (κ3) is 1.15. The van der Waals surface area contributed by atoms with Crippen molar-refractivity contribution in [1.29, 1.82) is 0 Å². The second kappa shape index (κ2) is 2.73. The van der Waals surface area contributed by atoms with Gasteiger partial charge >= 0.3 is 0 Å². The highest BCUT2D eigenvalue weighted by molar-refractivity contribution is 6.09. The van der Waals surface area contributed by atoms with Gasteiger partial charge in [0.15, 0.2) is 11.7 Å². The molecule has 0 aromatic rings. The zero-order chi connectivity index (χ0) is 8.55. The van der Waals surface area contributed by atoms with E-state index in [0.29, 0.717) is 0 Å². The van der Waals surface area contributed by atoms with Crippen molar-refractivity contribution in [1.82, 2.24) is 0 Å². The van der Waals surface area contributed by atoms with Crippen LogP contribution in [0.4, 0.5) is 0 Å². The zero-order valence-corrected chi connectivity index (χ0v) is 6.84. The summed E-state index contributed by atoms with van der Waals surface area (Å²) in [7, 11) is 0. The van der Waals surface area contributed by atoms with Gasteiger partial charge in [0.1, 0.15) is 0 Å². The second-order valence-electron chi connectivity index (χ2n) is 3.26. The Kier molecular flexibility index (Phi) is 1.71. The van der Waals surface area contributed by atoms with E-state index in [-0.39, 0.29) is 18.1 Å². The molecule has 1 aliphatic carbocycles. The molecule has 0 aromatic heterocycles. The van der Waals surface area contributed by atoms with E-state index in [1.165, 1.54) is 0 Å². The average molecular weight is 165 g/mol. The Hall–Kier alpha value is -1.12. The first kappa shape index (κ1) is 7.53. The first-order chi connectivity index (χ1) is 5.77. The number of rotatable bonds is 0. The molecule has 0 spiro atoms. The summed E-state index contributed by atoms with van der Waals surface area (Å²) in [6.45, 7) is 0. The van der Waals surface area contributed by atoms with Crippen molar-refractivity contribution in [2.45, 2.75) is 32.1 Å². The normalized spacial score (nSPS) is 23.7. The number of Topliss-reactive ketones (excluding diaryl/α,β-unsaturated/α-hetero) is 1. The van der Waals surface area contributed by atoms with Gasteiger partial charge in [0.25, 0.3) is 0 Å².